The Morgan fingerprint density at radius 3 is 2.14 bits per heavy atom. The molecule has 0 unspecified atom stereocenters. The molecular formula is C17H18O3S2. The van der Waals surface area contributed by atoms with Crippen LogP contribution in [0.1, 0.15) is 11.1 Å². The minimum absolute atomic E-state index is 0.312. The summed E-state index contributed by atoms with van der Waals surface area (Å²) in [6.45, 7) is 1.93. The van der Waals surface area contributed by atoms with Gasteiger partial charge >= 0.3 is 0 Å². The van der Waals surface area contributed by atoms with Crippen LogP contribution in [0.2, 0.25) is 0 Å². The van der Waals surface area contributed by atoms with E-state index in [-0.39, 0.29) is 0 Å². The number of thioether (sulfide) groups is 1. The molecule has 3 nitrogen and oxygen atoms in total. The second kappa shape index (κ2) is 7.03. The SMILES string of the molecule is COc1ccc(/C=C(\SC)S(=O)(=O)c2ccc(C)cc2)cc1. The van der Waals surface area contributed by atoms with Gasteiger partial charge in [-0.05, 0) is 49.1 Å². The van der Waals surface area contributed by atoms with Crippen molar-refractivity contribution in [2.24, 2.45) is 0 Å². The molecule has 0 aliphatic heterocycles. The molecule has 116 valence electrons. The summed E-state index contributed by atoms with van der Waals surface area (Å²) in [7, 11) is -1.89. The highest BCUT2D eigenvalue weighted by molar-refractivity contribution is 8.18. The van der Waals surface area contributed by atoms with Crippen LogP contribution < -0.4 is 4.74 Å². The Hall–Kier alpha value is -1.72. The van der Waals surface area contributed by atoms with Gasteiger partial charge in [-0.25, -0.2) is 8.42 Å². The summed E-state index contributed by atoms with van der Waals surface area (Å²) in [5.41, 5.74) is 1.85. The Morgan fingerprint density at radius 1 is 1.05 bits per heavy atom. The van der Waals surface area contributed by atoms with Crippen LogP contribution in [-0.2, 0) is 9.84 Å². The molecule has 0 fully saturated rings. The zero-order chi connectivity index (χ0) is 16.2. The van der Waals surface area contributed by atoms with E-state index in [1.807, 2.05) is 31.2 Å². The number of benzene rings is 2. The molecule has 0 aromatic heterocycles. The molecule has 2 rings (SSSR count). The van der Waals surface area contributed by atoms with Crippen LogP contribution in [0.15, 0.2) is 57.7 Å². The zero-order valence-corrected chi connectivity index (χ0v) is 14.4. The topological polar surface area (TPSA) is 43.4 Å². The van der Waals surface area contributed by atoms with Gasteiger partial charge < -0.3 is 4.74 Å². The van der Waals surface area contributed by atoms with Crippen LogP contribution in [0.4, 0.5) is 0 Å². The van der Waals surface area contributed by atoms with Crippen molar-refractivity contribution in [3.63, 3.8) is 0 Å². The van der Waals surface area contributed by atoms with Gasteiger partial charge in [-0.1, -0.05) is 29.8 Å². The Kier molecular flexibility index (Phi) is 5.32. The second-order valence-electron chi connectivity index (χ2n) is 4.76. The van der Waals surface area contributed by atoms with Crippen molar-refractivity contribution in [2.45, 2.75) is 11.8 Å². The van der Waals surface area contributed by atoms with Crippen molar-refractivity contribution in [3.8, 4) is 5.75 Å². The highest BCUT2D eigenvalue weighted by Crippen LogP contribution is 2.29. The van der Waals surface area contributed by atoms with Crippen molar-refractivity contribution < 1.29 is 13.2 Å². The highest BCUT2D eigenvalue weighted by Gasteiger charge is 2.19. The van der Waals surface area contributed by atoms with Gasteiger partial charge in [0.15, 0.2) is 0 Å². The van der Waals surface area contributed by atoms with Crippen LogP contribution >= 0.6 is 11.8 Å². The highest BCUT2D eigenvalue weighted by atomic mass is 32.3. The molecule has 2 aromatic rings. The summed E-state index contributed by atoms with van der Waals surface area (Å²) in [5, 5.41) is 0. The fourth-order valence-electron chi connectivity index (χ4n) is 1.92. The molecule has 0 aliphatic rings. The fraction of sp³-hybridized carbons (Fsp3) is 0.176. The van der Waals surface area contributed by atoms with E-state index in [0.29, 0.717) is 9.13 Å². The molecule has 0 aliphatic carbocycles. The van der Waals surface area contributed by atoms with E-state index in [4.69, 9.17) is 4.74 Å². The number of rotatable bonds is 5. The summed E-state index contributed by atoms with van der Waals surface area (Å²) in [5.74, 6) is 0.740. The van der Waals surface area contributed by atoms with Crippen molar-refractivity contribution in [1.29, 1.82) is 0 Å². The van der Waals surface area contributed by atoms with Gasteiger partial charge in [0, 0.05) is 0 Å². The molecule has 0 heterocycles. The quantitative estimate of drug-likeness (QED) is 0.824. The lowest BCUT2D eigenvalue weighted by Gasteiger charge is -2.08. The molecule has 0 saturated heterocycles. The average Bonchev–Trinajstić information content (AvgIpc) is 2.53. The molecule has 22 heavy (non-hydrogen) atoms. The second-order valence-corrected chi connectivity index (χ2v) is 7.78. The van der Waals surface area contributed by atoms with E-state index in [9.17, 15) is 8.42 Å². The number of sulfone groups is 1. The number of methoxy groups -OCH3 is 1. The van der Waals surface area contributed by atoms with Crippen LogP contribution in [-0.4, -0.2) is 21.8 Å². The summed E-state index contributed by atoms with van der Waals surface area (Å²) in [6, 6.07) is 14.2. The maximum absolute atomic E-state index is 12.7. The van der Waals surface area contributed by atoms with E-state index in [1.54, 1.807) is 43.7 Å². The summed E-state index contributed by atoms with van der Waals surface area (Å²) in [6.07, 6.45) is 3.44. The summed E-state index contributed by atoms with van der Waals surface area (Å²) in [4.78, 5) is 0.312. The predicted octanol–water partition coefficient (Wildman–Crippen LogP) is 4.14. The van der Waals surface area contributed by atoms with E-state index < -0.39 is 9.84 Å². The van der Waals surface area contributed by atoms with Crippen LogP contribution in [0.3, 0.4) is 0 Å². The minimum Gasteiger partial charge on any atom is -0.497 e. The third kappa shape index (κ3) is 3.72. The van der Waals surface area contributed by atoms with Gasteiger partial charge in [0.1, 0.15) is 9.99 Å². The normalized spacial score (nSPS) is 12.2. The molecule has 0 amide bonds. The van der Waals surface area contributed by atoms with Gasteiger partial charge in [-0.3, -0.25) is 0 Å². The maximum atomic E-state index is 12.7. The fourth-order valence-corrected chi connectivity index (χ4v) is 4.35. The number of hydrogen-bond acceptors (Lipinski definition) is 4. The lowest BCUT2D eigenvalue weighted by Crippen LogP contribution is -2.02. The van der Waals surface area contributed by atoms with Crippen molar-refractivity contribution in [2.75, 3.05) is 13.4 Å². The smallest absolute Gasteiger partial charge is 0.212 e. The standard InChI is InChI=1S/C17H18O3S2/c1-13-4-10-16(11-5-13)22(18,19)17(21-3)12-14-6-8-15(20-2)9-7-14/h4-12H,1-3H3/b17-12+. The summed E-state index contributed by atoms with van der Waals surface area (Å²) >= 11 is 1.22. The van der Waals surface area contributed by atoms with Crippen molar-refractivity contribution in [1.82, 2.24) is 0 Å². The van der Waals surface area contributed by atoms with Crippen molar-refractivity contribution in [3.05, 3.63) is 63.9 Å². The van der Waals surface area contributed by atoms with Crippen LogP contribution in [0.25, 0.3) is 6.08 Å². The van der Waals surface area contributed by atoms with E-state index in [2.05, 4.69) is 0 Å². The van der Waals surface area contributed by atoms with E-state index in [0.717, 1.165) is 16.9 Å². The molecule has 0 radical (unpaired) electrons. The molecule has 0 atom stereocenters. The first-order chi connectivity index (χ1) is 10.5. The predicted molar refractivity (Wildman–Crippen MR) is 92.9 cm³/mol. The lowest BCUT2D eigenvalue weighted by molar-refractivity contribution is 0.415. The molecule has 2 aromatic carbocycles. The van der Waals surface area contributed by atoms with Gasteiger partial charge in [-0.2, -0.15) is 0 Å². The Morgan fingerprint density at radius 2 is 1.64 bits per heavy atom. The Labute approximate surface area is 135 Å². The number of ether oxygens (including phenoxy) is 1. The van der Waals surface area contributed by atoms with Gasteiger partial charge in [-0.15, -0.1) is 11.8 Å². The van der Waals surface area contributed by atoms with Gasteiger partial charge in [0.25, 0.3) is 0 Å². The molecule has 0 N–H and O–H groups in total. The molecule has 0 bridgehead atoms. The Bertz CT molecular complexity index is 759. The number of hydrogen-bond donors (Lipinski definition) is 0. The molecule has 5 heteroatoms. The summed E-state index contributed by atoms with van der Waals surface area (Å²) < 4.78 is 30.8. The van der Waals surface area contributed by atoms with E-state index in [1.165, 1.54) is 11.8 Å². The minimum atomic E-state index is -3.49. The third-order valence-electron chi connectivity index (χ3n) is 3.20. The van der Waals surface area contributed by atoms with Crippen LogP contribution in [0.5, 0.6) is 5.75 Å². The number of aryl methyl sites for hydroxylation is 1. The lowest BCUT2D eigenvalue weighted by atomic mass is 10.2. The monoisotopic (exact) mass is 334 g/mol. The average molecular weight is 334 g/mol. The third-order valence-corrected chi connectivity index (χ3v) is 6.42. The van der Waals surface area contributed by atoms with Gasteiger partial charge in [0.2, 0.25) is 9.84 Å². The first-order valence-electron chi connectivity index (χ1n) is 6.69. The zero-order valence-electron chi connectivity index (χ0n) is 12.7. The maximum Gasteiger partial charge on any atom is 0.212 e. The Balaban J connectivity index is 2.40. The van der Waals surface area contributed by atoms with Crippen molar-refractivity contribution >= 4 is 27.7 Å². The van der Waals surface area contributed by atoms with E-state index >= 15 is 0 Å². The molecule has 0 saturated carbocycles. The van der Waals surface area contributed by atoms with Crippen LogP contribution in [0, 0.1) is 6.92 Å². The van der Waals surface area contributed by atoms with Gasteiger partial charge in [0.05, 0.1) is 12.0 Å². The largest absolute Gasteiger partial charge is 0.497 e. The first-order valence-corrected chi connectivity index (χ1v) is 9.39. The molecular weight excluding hydrogens is 316 g/mol. The molecule has 0 spiro atoms. The first kappa shape index (κ1) is 16.6.